The normalized spacial score (nSPS) is 20.5. The Hall–Kier alpha value is -1.07. The first-order valence-corrected chi connectivity index (χ1v) is 6.33. The summed E-state index contributed by atoms with van der Waals surface area (Å²) < 4.78 is 6.20. The fourth-order valence-corrected chi connectivity index (χ4v) is 2.37. The van der Waals surface area contributed by atoms with Crippen molar-refractivity contribution in [2.24, 2.45) is 5.73 Å². The summed E-state index contributed by atoms with van der Waals surface area (Å²) in [5, 5.41) is 0. The molecule has 1 aromatic rings. The van der Waals surface area contributed by atoms with Crippen LogP contribution in [-0.4, -0.2) is 25.6 Å². The van der Waals surface area contributed by atoms with Crippen molar-refractivity contribution in [2.45, 2.75) is 18.9 Å². The molecule has 1 saturated heterocycles. The molecule has 1 aliphatic rings. The van der Waals surface area contributed by atoms with Gasteiger partial charge in [0.05, 0.1) is 18.8 Å². The van der Waals surface area contributed by atoms with E-state index < -0.39 is 6.04 Å². The first-order chi connectivity index (χ1) is 8.13. The molecule has 0 spiro atoms. The molecule has 17 heavy (non-hydrogen) atoms. The number of nitrogens with zero attached hydrogens (tertiary/aromatic N) is 1. The van der Waals surface area contributed by atoms with Gasteiger partial charge in [0.15, 0.2) is 0 Å². The van der Waals surface area contributed by atoms with E-state index in [0.29, 0.717) is 12.3 Å². The number of hydrogen-bond donors (Lipinski definition) is 1. The molecule has 0 radical (unpaired) electrons. The Bertz CT molecular complexity index is 437. The standard InChI is InChI=1S/C12H15BrN2O2/c1-17-11-5-4-8(13)7-10(11)15-6-2-3-9(14)12(15)16/h4-5,7,9H,2-3,6,14H2,1H3. The predicted octanol–water partition coefficient (Wildman–Crippen LogP) is 1.91. The average molecular weight is 299 g/mol. The fraction of sp³-hybridized carbons (Fsp3) is 0.417. The summed E-state index contributed by atoms with van der Waals surface area (Å²) >= 11 is 3.40. The molecule has 1 unspecified atom stereocenters. The van der Waals surface area contributed by atoms with Gasteiger partial charge in [-0.1, -0.05) is 15.9 Å². The molecule has 1 heterocycles. The molecule has 2 rings (SSSR count). The van der Waals surface area contributed by atoms with Crippen LogP contribution in [0.5, 0.6) is 5.75 Å². The lowest BCUT2D eigenvalue weighted by molar-refractivity contribution is -0.120. The maximum absolute atomic E-state index is 12.0. The number of rotatable bonds is 2. The van der Waals surface area contributed by atoms with Crippen LogP contribution in [0.2, 0.25) is 0 Å². The van der Waals surface area contributed by atoms with Gasteiger partial charge in [0.25, 0.3) is 0 Å². The molecule has 1 aliphatic heterocycles. The quantitative estimate of drug-likeness (QED) is 0.907. The van der Waals surface area contributed by atoms with Gasteiger partial charge in [-0.15, -0.1) is 0 Å². The third kappa shape index (κ3) is 2.45. The van der Waals surface area contributed by atoms with Crippen LogP contribution in [-0.2, 0) is 4.79 Å². The van der Waals surface area contributed by atoms with Gasteiger partial charge in [-0.05, 0) is 31.0 Å². The molecule has 1 fully saturated rings. The minimum atomic E-state index is -0.396. The zero-order valence-corrected chi connectivity index (χ0v) is 11.2. The maximum atomic E-state index is 12.0. The van der Waals surface area contributed by atoms with E-state index in [2.05, 4.69) is 15.9 Å². The van der Waals surface area contributed by atoms with Gasteiger partial charge in [0.2, 0.25) is 5.91 Å². The van der Waals surface area contributed by atoms with Crippen LogP contribution < -0.4 is 15.4 Å². The highest BCUT2D eigenvalue weighted by Gasteiger charge is 2.28. The van der Waals surface area contributed by atoms with Crippen molar-refractivity contribution in [1.29, 1.82) is 0 Å². The van der Waals surface area contributed by atoms with Crippen LogP contribution in [0.25, 0.3) is 0 Å². The zero-order valence-electron chi connectivity index (χ0n) is 9.65. The van der Waals surface area contributed by atoms with E-state index in [-0.39, 0.29) is 5.91 Å². The first kappa shape index (κ1) is 12.4. The average Bonchev–Trinajstić information content (AvgIpc) is 2.33. The number of piperidine rings is 1. The second-order valence-corrected chi connectivity index (χ2v) is 4.97. The molecule has 1 aromatic carbocycles. The fourth-order valence-electron chi connectivity index (χ4n) is 2.02. The molecule has 1 amide bonds. The highest BCUT2D eigenvalue weighted by atomic mass is 79.9. The van der Waals surface area contributed by atoms with E-state index >= 15 is 0 Å². The van der Waals surface area contributed by atoms with Crippen LogP contribution in [0, 0.1) is 0 Å². The SMILES string of the molecule is COc1ccc(Br)cc1N1CCCC(N)C1=O. The number of carbonyl (C=O) groups excluding carboxylic acids is 1. The second kappa shape index (κ2) is 5.06. The van der Waals surface area contributed by atoms with Crippen molar-refractivity contribution >= 4 is 27.5 Å². The van der Waals surface area contributed by atoms with Crippen molar-refractivity contribution < 1.29 is 9.53 Å². The van der Waals surface area contributed by atoms with Gasteiger partial charge in [-0.3, -0.25) is 4.79 Å². The van der Waals surface area contributed by atoms with Crippen LogP contribution in [0.3, 0.4) is 0 Å². The first-order valence-electron chi connectivity index (χ1n) is 5.54. The van der Waals surface area contributed by atoms with Crippen LogP contribution in [0.4, 0.5) is 5.69 Å². The van der Waals surface area contributed by atoms with Gasteiger partial charge in [-0.25, -0.2) is 0 Å². The van der Waals surface area contributed by atoms with Gasteiger partial charge < -0.3 is 15.4 Å². The molecular formula is C12H15BrN2O2. The number of anilines is 1. The Morgan fingerprint density at radius 2 is 2.29 bits per heavy atom. The molecule has 2 N–H and O–H groups in total. The second-order valence-electron chi connectivity index (χ2n) is 4.05. The number of benzene rings is 1. The van der Waals surface area contributed by atoms with E-state index in [1.807, 2.05) is 18.2 Å². The monoisotopic (exact) mass is 298 g/mol. The predicted molar refractivity (Wildman–Crippen MR) is 70.3 cm³/mol. The van der Waals surface area contributed by atoms with E-state index in [0.717, 1.165) is 23.0 Å². The van der Waals surface area contributed by atoms with Crippen molar-refractivity contribution in [1.82, 2.24) is 0 Å². The van der Waals surface area contributed by atoms with E-state index in [1.54, 1.807) is 12.0 Å². The van der Waals surface area contributed by atoms with Crippen molar-refractivity contribution in [2.75, 3.05) is 18.6 Å². The lowest BCUT2D eigenvalue weighted by Gasteiger charge is -2.31. The zero-order chi connectivity index (χ0) is 12.4. The van der Waals surface area contributed by atoms with Crippen LogP contribution in [0.15, 0.2) is 22.7 Å². The molecule has 0 saturated carbocycles. The van der Waals surface area contributed by atoms with Crippen molar-refractivity contribution in [3.63, 3.8) is 0 Å². The lowest BCUT2D eigenvalue weighted by Crippen LogP contribution is -2.48. The van der Waals surface area contributed by atoms with Crippen molar-refractivity contribution in [3.8, 4) is 5.75 Å². The highest BCUT2D eigenvalue weighted by Crippen LogP contribution is 2.33. The molecule has 0 aliphatic carbocycles. The third-order valence-electron chi connectivity index (χ3n) is 2.91. The Morgan fingerprint density at radius 3 is 3.00 bits per heavy atom. The number of carbonyl (C=O) groups is 1. The summed E-state index contributed by atoms with van der Waals surface area (Å²) in [7, 11) is 1.60. The molecule has 1 atom stereocenters. The highest BCUT2D eigenvalue weighted by molar-refractivity contribution is 9.10. The van der Waals surface area contributed by atoms with Gasteiger partial charge >= 0.3 is 0 Å². The minimum Gasteiger partial charge on any atom is -0.495 e. The number of halogens is 1. The molecule has 92 valence electrons. The summed E-state index contributed by atoms with van der Waals surface area (Å²) in [5.74, 6) is 0.656. The van der Waals surface area contributed by atoms with Gasteiger partial charge in [-0.2, -0.15) is 0 Å². The van der Waals surface area contributed by atoms with Crippen LogP contribution in [0.1, 0.15) is 12.8 Å². The Balaban J connectivity index is 2.38. The topological polar surface area (TPSA) is 55.6 Å². The molecule has 5 heteroatoms. The number of hydrogen-bond acceptors (Lipinski definition) is 3. The molecule has 0 aromatic heterocycles. The molecular weight excluding hydrogens is 284 g/mol. The number of nitrogens with two attached hydrogens (primary N) is 1. The van der Waals surface area contributed by atoms with Crippen LogP contribution >= 0.6 is 15.9 Å². The summed E-state index contributed by atoms with van der Waals surface area (Å²) in [4.78, 5) is 13.7. The van der Waals surface area contributed by atoms with E-state index in [9.17, 15) is 4.79 Å². The Morgan fingerprint density at radius 1 is 1.53 bits per heavy atom. The number of ether oxygens (including phenoxy) is 1. The van der Waals surface area contributed by atoms with Gasteiger partial charge in [0, 0.05) is 11.0 Å². The number of methoxy groups -OCH3 is 1. The van der Waals surface area contributed by atoms with Gasteiger partial charge in [0.1, 0.15) is 5.75 Å². The molecule has 0 bridgehead atoms. The van der Waals surface area contributed by atoms with E-state index in [4.69, 9.17) is 10.5 Å². The summed E-state index contributed by atoms with van der Waals surface area (Å²) in [6, 6.07) is 5.21. The summed E-state index contributed by atoms with van der Waals surface area (Å²) in [5.41, 5.74) is 6.57. The Kier molecular flexibility index (Phi) is 3.69. The lowest BCUT2D eigenvalue weighted by atomic mass is 10.0. The summed E-state index contributed by atoms with van der Waals surface area (Å²) in [6.07, 6.45) is 1.67. The van der Waals surface area contributed by atoms with E-state index in [1.165, 1.54) is 0 Å². The third-order valence-corrected chi connectivity index (χ3v) is 3.41. The number of amides is 1. The Labute approximate surface area is 109 Å². The van der Waals surface area contributed by atoms with Crippen molar-refractivity contribution in [3.05, 3.63) is 22.7 Å². The molecule has 4 nitrogen and oxygen atoms in total. The maximum Gasteiger partial charge on any atom is 0.244 e. The smallest absolute Gasteiger partial charge is 0.244 e. The minimum absolute atomic E-state index is 0.0346. The largest absolute Gasteiger partial charge is 0.495 e. The summed E-state index contributed by atoms with van der Waals surface area (Å²) in [6.45, 7) is 0.694.